The average molecular weight is 346 g/mol. The molecule has 6 nitrogen and oxygen atoms in total. The first-order chi connectivity index (χ1) is 12.8. The van der Waals surface area contributed by atoms with Crippen LogP contribution in [-0.2, 0) is 13.0 Å². The van der Waals surface area contributed by atoms with Crippen molar-refractivity contribution >= 4 is 0 Å². The van der Waals surface area contributed by atoms with Crippen molar-refractivity contribution in [1.82, 2.24) is 29.6 Å². The van der Waals surface area contributed by atoms with E-state index in [1.807, 2.05) is 24.5 Å². The monoisotopic (exact) mass is 346 g/mol. The molecule has 0 saturated carbocycles. The highest BCUT2D eigenvalue weighted by molar-refractivity contribution is 5.54. The summed E-state index contributed by atoms with van der Waals surface area (Å²) in [6.45, 7) is 5.12. The third-order valence-electron chi connectivity index (χ3n) is 5.59. The summed E-state index contributed by atoms with van der Waals surface area (Å²) in [6.07, 6.45) is 5.84. The van der Waals surface area contributed by atoms with Crippen molar-refractivity contribution in [3.8, 4) is 11.4 Å². The summed E-state index contributed by atoms with van der Waals surface area (Å²) in [5.74, 6) is 2.75. The highest BCUT2D eigenvalue weighted by Crippen LogP contribution is 2.39. The first kappa shape index (κ1) is 15.6. The van der Waals surface area contributed by atoms with Crippen molar-refractivity contribution in [2.75, 3.05) is 13.1 Å². The van der Waals surface area contributed by atoms with Gasteiger partial charge >= 0.3 is 0 Å². The Bertz CT molecular complexity index is 919. The predicted molar refractivity (Wildman–Crippen MR) is 98.4 cm³/mol. The maximum Gasteiger partial charge on any atom is 0.164 e. The Labute approximate surface area is 152 Å². The molecule has 0 unspecified atom stereocenters. The number of aromatic nitrogens is 5. The third kappa shape index (κ3) is 2.70. The molecule has 6 heteroatoms. The summed E-state index contributed by atoms with van der Waals surface area (Å²) in [7, 11) is 0. The van der Waals surface area contributed by atoms with Gasteiger partial charge in [0.05, 0.1) is 11.7 Å². The first-order valence-electron chi connectivity index (χ1n) is 9.27. The minimum Gasteiger partial charge on any atom is -0.306 e. The van der Waals surface area contributed by atoms with Crippen molar-refractivity contribution < 1.29 is 0 Å². The maximum absolute atomic E-state index is 4.67. The molecule has 26 heavy (non-hydrogen) atoms. The minimum absolute atomic E-state index is 0.446. The van der Waals surface area contributed by atoms with Crippen LogP contribution in [0, 0.1) is 12.8 Å². The van der Waals surface area contributed by atoms with Crippen LogP contribution in [0.15, 0.2) is 42.7 Å². The van der Waals surface area contributed by atoms with E-state index in [-0.39, 0.29) is 0 Å². The van der Waals surface area contributed by atoms with Gasteiger partial charge in [0.2, 0.25) is 0 Å². The van der Waals surface area contributed by atoms with Crippen LogP contribution in [0.2, 0.25) is 0 Å². The molecule has 1 saturated heterocycles. The molecule has 0 bridgehead atoms. The van der Waals surface area contributed by atoms with Crippen molar-refractivity contribution in [2.45, 2.75) is 32.4 Å². The van der Waals surface area contributed by atoms with Crippen LogP contribution in [0.1, 0.15) is 29.7 Å². The van der Waals surface area contributed by atoms with Crippen LogP contribution in [0.4, 0.5) is 0 Å². The second-order valence-electron chi connectivity index (χ2n) is 7.38. The smallest absolute Gasteiger partial charge is 0.164 e. The topological polar surface area (TPSA) is 59.7 Å². The van der Waals surface area contributed by atoms with E-state index in [1.54, 1.807) is 0 Å². The van der Waals surface area contributed by atoms with Gasteiger partial charge in [0.1, 0.15) is 5.82 Å². The van der Waals surface area contributed by atoms with E-state index >= 15 is 0 Å². The lowest BCUT2D eigenvalue weighted by Crippen LogP contribution is -2.26. The Morgan fingerprint density at radius 3 is 2.81 bits per heavy atom. The summed E-state index contributed by atoms with van der Waals surface area (Å²) in [5.41, 5.74) is 3.33. The van der Waals surface area contributed by atoms with Gasteiger partial charge < -0.3 is 4.57 Å². The molecule has 0 aliphatic carbocycles. The van der Waals surface area contributed by atoms with Crippen molar-refractivity contribution in [2.24, 2.45) is 5.92 Å². The number of nitrogens with zero attached hydrogens (tertiary/aromatic N) is 6. The fourth-order valence-electron chi connectivity index (χ4n) is 4.42. The molecule has 0 N–H and O–H groups in total. The summed E-state index contributed by atoms with van der Waals surface area (Å²) >= 11 is 0. The second kappa shape index (κ2) is 6.29. The fourth-order valence-corrected chi connectivity index (χ4v) is 4.42. The van der Waals surface area contributed by atoms with Crippen molar-refractivity contribution in [3.63, 3.8) is 0 Å². The Morgan fingerprint density at radius 1 is 1.08 bits per heavy atom. The zero-order valence-electron chi connectivity index (χ0n) is 14.9. The quantitative estimate of drug-likeness (QED) is 0.730. The summed E-state index contributed by atoms with van der Waals surface area (Å²) in [6, 6.07) is 10.8. The molecule has 0 spiro atoms. The number of aryl methyl sites for hydroxylation is 2. The number of rotatable bonds is 3. The molecule has 1 fully saturated rings. The van der Waals surface area contributed by atoms with E-state index in [1.165, 1.54) is 6.42 Å². The highest BCUT2D eigenvalue weighted by Gasteiger charge is 2.39. The predicted octanol–water partition coefficient (Wildman–Crippen LogP) is 2.66. The zero-order chi connectivity index (χ0) is 17.5. The molecule has 2 aliphatic rings. The number of likely N-dealkylation sites (tertiary alicyclic amines) is 1. The number of hydrogen-bond acceptors (Lipinski definition) is 5. The van der Waals surface area contributed by atoms with Gasteiger partial charge in [-0.15, -0.1) is 10.2 Å². The standard InChI is InChI=1S/C20H22N6/c1-14-3-2-4-17(22-14)12-25-11-16-5-6-19-23-24-20(26(19)18(16)13-25)15-7-9-21-10-8-15/h2-4,7-10,16,18H,5-6,11-13H2,1H3/t16-,18+/m1/s1. The Balaban J connectivity index is 1.43. The Hall–Kier alpha value is -2.60. The van der Waals surface area contributed by atoms with Gasteiger partial charge in [-0.1, -0.05) is 6.07 Å². The van der Waals surface area contributed by atoms with Crippen LogP contribution in [0.5, 0.6) is 0 Å². The van der Waals surface area contributed by atoms with Crippen molar-refractivity contribution in [3.05, 3.63) is 59.9 Å². The molecule has 3 aromatic heterocycles. The largest absolute Gasteiger partial charge is 0.306 e. The normalized spacial score (nSPS) is 22.2. The van der Waals surface area contributed by atoms with Gasteiger partial charge in [0.25, 0.3) is 0 Å². The maximum atomic E-state index is 4.67. The van der Waals surface area contributed by atoms with Gasteiger partial charge in [-0.25, -0.2) is 0 Å². The number of hydrogen-bond donors (Lipinski definition) is 0. The lowest BCUT2D eigenvalue weighted by Gasteiger charge is -2.27. The Kier molecular flexibility index (Phi) is 3.78. The number of pyridine rings is 2. The first-order valence-corrected chi connectivity index (χ1v) is 9.27. The van der Waals surface area contributed by atoms with E-state index in [0.717, 1.165) is 54.7 Å². The summed E-state index contributed by atoms with van der Waals surface area (Å²) in [5, 5.41) is 8.98. The zero-order valence-corrected chi connectivity index (χ0v) is 14.9. The molecule has 132 valence electrons. The van der Waals surface area contributed by atoms with E-state index in [2.05, 4.69) is 54.8 Å². The van der Waals surface area contributed by atoms with Gasteiger partial charge in [0, 0.05) is 49.7 Å². The van der Waals surface area contributed by atoms with E-state index in [4.69, 9.17) is 0 Å². The molecule has 2 atom stereocenters. The molecule has 5 heterocycles. The average Bonchev–Trinajstić information content (AvgIpc) is 3.25. The molecular weight excluding hydrogens is 324 g/mol. The van der Waals surface area contributed by atoms with E-state index < -0.39 is 0 Å². The van der Waals surface area contributed by atoms with Gasteiger partial charge in [0.15, 0.2) is 5.82 Å². The SMILES string of the molecule is Cc1cccc(CN2C[C@H]3CCc4nnc(-c5ccncc5)n4[C@H]3C2)n1. The molecule has 0 aromatic carbocycles. The van der Waals surface area contributed by atoms with Crippen LogP contribution < -0.4 is 0 Å². The van der Waals surface area contributed by atoms with Crippen LogP contribution in [-0.4, -0.2) is 42.7 Å². The molecule has 0 amide bonds. The third-order valence-corrected chi connectivity index (χ3v) is 5.59. The molecule has 0 radical (unpaired) electrons. The van der Waals surface area contributed by atoms with Crippen molar-refractivity contribution in [1.29, 1.82) is 0 Å². The van der Waals surface area contributed by atoms with Crippen LogP contribution in [0.3, 0.4) is 0 Å². The minimum atomic E-state index is 0.446. The van der Waals surface area contributed by atoms with Gasteiger partial charge in [-0.05, 0) is 43.5 Å². The molecule has 2 aliphatic heterocycles. The fraction of sp³-hybridized carbons (Fsp3) is 0.400. The van der Waals surface area contributed by atoms with E-state index in [0.29, 0.717) is 12.0 Å². The van der Waals surface area contributed by atoms with E-state index in [9.17, 15) is 0 Å². The molecule has 3 aromatic rings. The van der Waals surface area contributed by atoms with Gasteiger partial charge in [-0.2, -0.15) is 0 Å². The van der Waals surface area contributed by atoms with Gasteiger partial charge in [-0.3, -0.25) is 14.9 Å². The lowest BCUT2D eigenvalue weighted by atomic mass is 9.93. The summed E-state index contributed by atoms with van der Waals surface area (Å²) < 4.78 is 2.38. The summed E-state index contributed by atoms with van der Waals surface area (Å²) in [4.78, 5) is 11.3. The lowest BCUT2D eigenvalue weighted by molar-refractivity contribution is 0.309. The van der Waals surface area contributed by atoms with Crippen LogP contribution >= 0.6 is 0 Å². The molecule has 5 rings (SSSR count). The Morgan fingerprint density at radius 2 is 1.96 bits per heavy atom. The molecular formula is C20H22N6. The highest BCUT2D eigenvalue weighted by atomic mass is 15.3. The number of fused-ring (bicyclic) bond motifs is 3. The second-order valence-corrected chi connectivity index (χ2v) is 7.38. The van der Waals surface area contributed by atoms with Crippen LogP contribution in [0.25, 0.3) is 11.4 Å².